The van der Waals surface area contributed by atoms with Gasteiger partial charge in [0.2, 0.25) is 5.91 Å². The molecular formula is C16H25N3O2. The molecular weight excluding hydrogens is 266 g/mol. The highest BCUT2D eigenvalue weighted by molar-refractivity contribution is 5.78. The summed E-state index contributed by atoms with van der Waals surface area (Å²) in [6, 6.07) is 7.72. The van der Waals surface area contributed by atoms with Crippen molar-refractivity contribution in [2.75, 3.05) is 33.3 Å². The molecule has 1 aliphatic rings. The first-order valence-electron chi connectivity index (χ1n) is 7.37. The van der Waals surface area contributed by atoms with Crippen LogP contribution in [0.2, 0.25) is 0 Å². The summed E-state index contributed by atoms with van der Waals surface area (Å²) in [6.07, 6.45) is 1.06. The minimum atomic E-state index is 0.0437. The molecule has 0 aromatic heterocycles. The van der Waals surface area contributed by atoms with Gasteiger partial charge in [-0.05, 0) is 31.0 Å². The number of carbonyl (C=O) groups excluding carboxylic acids is 1. The fourth-order valence-corrected chi connectivity index (χ4v) is 2.73. The van der Waals surface area contributed by atoms with Crippen molar-refractivity contribution in [3.05, 3.63) is 29.8 Å². The van der Waals surface area contributed by atoms with E-state index in [0.29, 0.717) is 19.6 Å². The molecule has 0 spiro atoms. The molecule has 116 valence electrons. The van der Waals surface area contributed by atoms with E-state index in [1.165, 1.54) is 0 Å². The average molecular weight is 291 g/mol. The van der Waals surface area contributed by atoms with Gasteiger partial charge < -0.3 is 15.8 Å². The molecule has 1 unspecified atom stereocenters. The number of nitrogens with one attached hydrogen (secondary N) is 1. The molecule has 1 aromatic rings. The van der Waals surface area contributed by atoms with Crippen LogP contribution in [0.25, 0.3) is 0 Å². The zero-order chi connectivity index (χ0) is 15.3. The van der Waals surface area contributed by atoms with E-state index in [9.17, 15) is 4.79 Å². The second-order valence-corrected chi connectivity index (χ2v) is 6.06. The third-order valence-corrected chi connectivity index (χ3v) is 4.17. The molecule has 0 aliphatic carbocycles. The second-order valence-electron chi connectivity index (χ2n) is 6.06. The van der Waals surface area contributed by atoms with Crippen LogP contribution in [0.3, 0.4) is 0 Å². The van der Waals surface area contributed by atoms with Crippen LogP contribution in [0.4, 0.5) is 0 Å². The van der Waals surface area contributed by atoms with E-state index in [4.69, 9.17) is 10.5 Å². The molecule has 1 atom stereocenters. The van der Waals surface area contributed by atoms with Gasteiger partial charge >= 0.3 is 0 Å². The molecule has 1 amide bonds. The van der Waals surface area contributed by atoms with Gasteiger partial charge in [-0.25, -0.2) is 0 Å². The maximum atomic E-state index is 12.0. The predicted molar refractivity (Wildman–Crippen MR) is 83.1 cm³/mol. The van der Waals surface area contributed by atoms with Crippen molar-refractivity contribution in [1.29, 1.82) is 0 Å². The summed E-state index contributed by atoms with van der Waals surface area (Å²) >= 11 is 0. The number of nitrogens with zero attached hydrogens (tertiary/aromatic N) is 1. The summed E-state index contributed by atoms with van der Waals surface area (Å²) < 4.78 is 5.28. The first-order chi connectivity index (χ1) is 10.1. The minimum Gasteiger partial charge on any atom is -0.496 e. The number of benzene rings is 1. The lowest BCUT2D eigenvalue weighted by atomic mass is 9.90. The minimum absolute atomic E-state index is 0.0437. The molecule has 2 rings (SSSR count). The Bertz CT molecular complexity index is 492. The molecule has 5 nitrogen and oxygen atoms in total. The first kappa shape index (κ1) is 15.8. The lowest BCUT2D eigenvalue weighted by molar-refractivity contribution is -0.122. The predicted octanol–water partition coefficient (Wildman–Crippen LogP) is 0.982. The van der Waals surface area contributed by atoms with Gasteiger partial charge in [-0.15, -0.1) is 0 Å². The van der Waals surface area contributed by atoms with Gasteiger partial charge in [0.25, 0.3) is 0 Å². The largest absolute Gasteiger partial charge is 0.496 e. The number of hydrogen-bond donors (Lipinski definition) is 2. The van der Waals surface area contributed by atoms with Crippen LogP contribution >= 0.6 is 0 Å². The summed E-state index contributed by atoms with van der Waals surface area (Å²) in [4.78, 5) is 14.2. The third-order valence-electron chi connectivity index (χ3n) is 4.17. The Labute approximate surface area is 126 Å². The quantitative estimate of drug-likeness (QED) is 0.820. The van der Waals surface area contributed by atoms with Gasteiger partial charge in [0.1, 0.15) is 5.75 Å². The maximum Gasteiger partial charge on any atom is 0.234 e. The second kappa shape index (κ2) is 6.91. The van der Waals surface area contributed by atoms with Crippen LogP contribution in [-0.4, -0.2) is 44.1 Å². The molecule has 1 aromatic carbocycles. The molecule has 0 bridgehead atoms. The summed E-state index contributed by atoms with van der Waals surface area (Å²) in [5, 5.41) is 2.95. The molecule has 21 heavy (non-hydrogen) atoms. The summed E-state index contributed by atoms with van der Waals surface area (Å²) in [6.45, 7) is 5.61. The van der Waals surface area contributed by atoms with Crippen molar-refractivity contribution < 1.29 is 9.53 Å². The Morgan fingerprint density at radius 1 is 1.48 bits per heavy atom. The van der Waals surface area contributed by atoms with E-state index < -0.39 is 0 Å². The Balaban J connectivity index is 1.80. The maximum absolute atomic E-state index is 12.0. The SMILES string of the molecule is COc1ccccc1CNC(=O)CN1CCC(C)(CN)C1. The standard InChI is InChI=1S/C16H25N3O2/c1-16(11-17)7-8-19(12-16)10-15(20)18-9-13-5-3-4-6-14(13)21-2/h3-6H,7-12,17H2,1-2H3,(H,18,20). The molecule has 0 radical (unpaired) electrons. The highest BCUT2D eigenvalue weighted by Gasteiger charge is 2.32. The zero-order valence-corrected chi connectivity index (χ0v) is 12.9. The lowest BCUT2D eigenvalue weighted by Crippen LogP contribution is -2.38. The van der Waals surface area contributed by atoms with Crippen LogP contribution in [0.5, 0.6) is 5.75 Å². The number of hydrogen-bond acceptors (Lipinski definition) is 4. The van der Waals surface area contributed by atoms with Gasteiger partial charge in [-0.1, -0.05) is 25.1 Å². The van der Waals surface area contributed by atoms with Crippen molar-refractivity contribution >= 4 is 5.91 Å². The molecule has 5 heteroatoms. The average Bonchev–Trinajstić information content (AvgIpc) is 2.87. The topological polar surface area (TPSA) is 67.6 Å². The van der Waals surface area contributed by atoms with Gasteiger partial charge in [-0.2, -0.15) is 0 Å². The number of nitrogens with two attached hydrogens (primary N) is 1. The van der Waals surface area contributed by atoms with Crippen molar-refractivity contribution in [2.24, 2.45) is 11.1 Å². The van der Waals surface area contributed by atoms with Crippen LogP contribution in [-0.2, 0) is 11.3 Å². The number of methoxy groups -OCH3 is 1. The van der Waals surface area contributed by atoms with Crippen molar-refractivity contribution in [3.8, 4) is 5.75 Å². The molecule has 1 aliphatic heterocycles. The van der Waals surface area contributed by atoms with E-state index >= 15 is 0 Å². The molecule has 1 fully saturated rings. The third kappa shape index (κ3) is 4.19. The number of carbonyl (C=O) groups is 1. The van der Waals surface area contributed by atoms with Crippen molar-refractivity contribution in [3.63, 3.8) is 0 Å². The summed E-state index contributed by atoms with van der Waals surface area (Å²) in [5.74, 6) is 0.844. The molecule has 1 heterocycles. The normalized spacial score (nSPS) is 22.2. The van der Waals surface area contributed by atoms with E-state index in [-0.39, 0.29) is 11.3 Å². The van der Waals surface area contributed by atoms with Gasteiger partial charge in [-0.3, -0.25) is 9.69 Å². The molecule has 1 saturated heterocycles. The Kier molecular flexibility index (Phi) is 5.20. The van der Waals surface area contributed by atoms with Crippen LogP contribution in [0.1, 0.15) is 18.9 Å². The first-order valence-corrected chi connectivity index (χ1v) is 7.37. The highest BCUT2D eigenvalue weighted by atomic mass is 16.5. The monoisotopic (exact) mass is 291 g/mol. The summed E-state index contributed by atoms with van der Waals surface area (Å²) in [7, 11) is 1.64. The van der Waals surface area contributed by atoms with Crippen molar-refractivity contribution in [1.82, 2.24) is 10.2 Å². The van der Waals surface area contributed by atoms with E-state index in [1.807, 2.05) is 24.3 Å². The smallest absolute Gasteiger partial charge is 0.234 e. The van der Waals surface area contributed by atoms with Crippen LogP contribution in [0.15, 0.2) is 24.3 Å². The van der Waals surface area contributed by atoms with Crippen molar-refractivity contribution in [2.45, 2.75) is 19.9 Å². The van der Waals surface area contributed by atoms with Gasteiger partial charge in [0, 0.05) is 18.7 Å². The number of likely N-dealkylation sites (tertiary alicyclic amines) is 1. The van der Waals surface area contributed by atoms with Gasteiger partial charge in [0.05, 0.1) is 13.7 Å². The van der Waals surface area contributed by atoms with E-state index in [1.54, 1.807) is 7.11 Å². The Morgan fingerprint density at radius 3 is 2.90 bits per heavy atom. The van der Waals surface area contributed by atoms with E-state index in [0.717, 1.165) is 30.8 Å². The van der Waals surface area contributed by atoms with E-state index in [2.05, 4.69) is 17.1 Å². The lowest BCUT2D eigenvalue weighted by Gasteiger charge is -2.22. The summed E-state index contributed by atoms with van der Waals surface area (Å²) in [5.41, 5.74) is 6.93. The van der Waals surface area contributed by atoms with Crippen LogP contribution in [0, 0.1) is 5.41 Å². The number of amides is 1. The molecule has 3 N–H and O–H groups in total. The zero-order valence-electron chi connectivity index (χ0n) is 12.9. The Morgan fingerprint density at radius 2 is 2.24 bits per heavy atom. The number of rotatable bonds is 6. The number of ether oxygens (including phenoxy) is 1. The highest BCUT2D eigenvalue weighted by Crippen LogP contribution is 2.28. The molecule has 0 saturated carbocycles. The fraction of sp³-hybridized carbons (Fsp3) is 0.562. The fourth-order valence-electron chi connectivity index (χ4n) is 2.73. The Hall–Kier alpha value is -1.59. The number of para-hydroxylation sites is 1. The van der Waals surface area contributed by atoms with Gasteiger partial charge in [0.15, 0.2) is 0 Å². The van der Waals surface area contributed by atoms with Crippen LogP contribution < -0.4 is 15.8 Å².